The number of nitrogens with zero attached hydrogens (tertiary/aromatic N) is 4. The van der Waals surface area contributed by atoms with Crippen molar-refractivity contribution in [1.82, 2.24) is 19.1 Å². The highest BCUT2D eigenvalue weighted by Gasteiger charge is 2.36. The molecule has 2 aliphatic heterocycles. The lowest BCUT2D eigenvalue weighted by atomic mass is 10.1. The second-order valence-corrected chi connectivity index (χ2v) is 9.10. The third-order valence-electron chi connectivity index (χ3n) is 5.35. The molecule has 0 saturated carbocycles. The number of benzene rings is 1. The van der Waals surface area contributed by atoms with Crippen molar-refractivity contribution in [3.8, 4) is 0 Å². The van der Waals surface area contributed by atoms with Crippen molar-refractivity contribution < 1.29 is 22.8 Å². The molecule has 3 amide bonds. The van der Waals surface area contributed by atoms with Gasteiger partial charge in [0.25, 0.3) is 11.8 Å². The molecule has 0 radical (unpaired) electrons. The fourth-order valence-corrected chi connectivity index (χ4v) is 5.05. The summed E-state index contributed by atoms with van der Waals surface area (Å²) in [6, 6.07) is 9.34. The molecule has 10 heteroatoms. The zero-order chi connectivity index (χ0) is 21.5. The second kappa shape index (κ2) is 7.62. The van der Waals surface area contributed by atoms with Crippen molar-refractivity contribution in [3.05, 3.63) is 59.4 Å². The summed E-state index contributed by atoms with van der Waals surface area (Å²) in [7, 11) is -2.49. The van der Waals surface area contributed by atoms with Crippen LogP contribution in [0.15, 0.2) is 47.5 Å². The number of imide groups is 1. The van der Waals surface area contributed by atoms with E-state index in [1.54, 1.807) is 23.2 Å². The van der Waals surface area contributed by atoms with Gasteiger partial charge in [-0.25, -0.2) is 8.42 Å². The number of hydrogen-bond donors (Lipinski definition) is 0. The van der Waals surface area contributed by atoms with Gasteiger partial charge in [0.15, 0.2) is 0 Å². The van der Waals surface area contributed by atoms with E-state index >= 15 is 0 Å². The maximum absolute atomic E-state index is 13.0. The van der Waals surface area contributed by atoms with Crippen molar-refractivity contribution in [2.24, 2.45) is 0 Å². The van der Waals surface area contributed by atoms with E-state index in [0.717, 1.165) is 4.90 Å². The van der Waals surface area contributed by atoms with Crippen LogP contribution < -0.4 is 0 Å². The molecule has 0 unspecified atom stereocenters. The van der Waals surface area contributed by atoms with Gasteiger partial charge in [0.1, 0.15) is 0 Å². The van der Waals surface area contributed by atoms with E-state index in [1.165, 1.54) is 29.6 Å². The zero-order valence-corrected chi connectivity index (χ0v) is 17.1. The standard InChI is InChI=1S/C20H20N4O5S/c1-22-19(26)16-6-5-15(13-17(16)20(22)27)30(28,29)24-10-8-23(9-11-24)18(25)12-14-4-2-3-7-21-14/h2-7,13H,8-12H2,1H3. The van der Waals surface area contributed by atoms with Crippen molar-refractivity contribution in [2.75, 3.05) is 33.2 Å². The number of carbonyl (C=O) groups excluding carboxylic acids is 3. The van der Waals surface area contributed by atoms with Gasteiger partial charge in [-0.2, -0.15) is 4.31 Å². The van der Waals surface area contributed by atoms with Gasteiger partial charge in [0.05, 0.1) is 22.4 Å². The molecule has 1 aromatic carbocycles. The molecule has 9 nitrogen and oxygen atoms in total. The molecule has 1 aromatic heterocycles. The normalized spacial score (nSPS) is 17.4. The van der Waals surface area contributed by atoms with Gasteiger partial charge in [-0.15, -0.1) is 0 Å². The Morgan fingerprint density at radius 2 is 1.70 bits per heavy atom. The first-order valence-corrected chi connectivity index (χ1v) is 10.9. The fourth-order valence-electron chi connectivity index (χ4n) is 3.60. The fraction of sp³-hybridized carbons (Fsp3) is 0.300. The lowest BCUT2D eigenvalue weighted by Crippen LogP contribution is -2.50. The van der Waals surface area contributed by atoms with Crippen molar-refractivity contribution in [2.45, 2.75) is 11.3 Å². The van der Waals surface area contributed by atoms with E-state index in [2.05, 4.69) is 4.98 Å². The highest BCUT2D eigenvalue weighted by molar-refractivity contribution is 7.89. The molecule has 0 N–H and O–H groups in total. The number of fused-ring (bicyclic) bond motifs is 1. The Balaban J connectivity index is 1.45. The number of hydrogen-bond acceptors (Lipinski definition) is 6. The second-order valence-electron chi connectivity index (χ2n) is 7.16. The van der Waals surface area contributed by atoms with Gasteiger partial charge in [-0.1, -0.05) is 6.07 Å². The summed E-state index contributed by atoms with van der Waals surface area (Å²) >= 11 is 0. The Morgan fingerprint density at radius 1 is 1.00 bits per heavy atom. The minimum Gasteiger partial charge on any atom is -0.340 e. The Morgan fingerprint density at radius 3 is 2.37 bits per heavy atom. The zero-order valence-electron chi connectivity index (χ0n) is 16.3. The number of sulfonamides is 1. The Hall–Kier alpha value is -3.11. The van der Waals surface area contributed by atoms with Crippen LogP contribution in [-0.4, -0.2) is 78.5 Å². The number of pyridine rings is 1. The number of piperazine rings is 1. The molecule has 3 heterocycles. The van der Waals surface area contributed by atoms with Gasteiger partial charge >= 0.3 is 0 Å². The third-order valence-corrected chi connectivity index (χ3v) is 7.24. The Kier molecular flexibility index (Phi) is 5.12. The van der Waals surface area contributed by atoms with Gasteiger partial charge in [-0.3, -0.25) is 24.3 Å². The largest absolute Gasteiger partial charge is 0.340 e. The average Bonchev–Trinajstić information content (AvgIpc) is 2.98. The van der Waals surface area contributed by atoms with Crippen LogP contribution in [0.5, 0.6) is 0 Å². The molecule has 4 rings (SSSR count). The smallest absolute Gasteiger partial charge is 0.261 e. The summed E-state index contributed by atoms with van der Waals surface area (Å²) < 4.78 is 27.3. The molecule has 0 bridgehead atoms. The van der Waals surface area contributed by atoms with Crippen LogP contribution in [0.25, 0.3) is 0 Å². The topological polar surface area (TPSA) is 108 Å². The highest BCUT2D eigenvalue weighted by Crippen LogP contribution is 2.26. The average molecular weight is 428 g/mol. The number of aromatic nitrogens is 1. The first-order chi connectivity index (χ1) is 14.3. The van der Waals surface area contributed by atoms with Crippen molar-refractivity contribution >= 4 is 27.7 Å². The minimum atomic E-state index is -3.85. The van der Waals surface area contributed by atoms with E-state index in [-0.39, 0.29) is 54.5 Å². The lowest BCUT2D eigenvalue weighted by molar-refractivity contribution is -0.131. The predicted octanol–water partition coefficient (Wildman–Crippen LogP) is 0.383. The summed E-state index contributed by atoms with van der Waals surface area (Å²) in [4.78, 5) is 43.3. The molecule has 30 heavy (non-hydrogen) atoms. The van der Waals surface area contributed by atoms with Crippen LogP contribution in [0.2, 0.25) is 0 Å². The van der Waals surface area contributed by atoms with Crippen LogP contribution in [0.1, 0.15) is 26.4 Å². The monoisotopic (exact) mass is 428 g/mol. The molecule has 2 aliphatic rings. The van der Waals surface area contributed by atoms with Crippen LogP contribution in [0.4, 0.5) is 0 Å². The van der Waals surface area contributed by atoms with Gasteiger partial charge in [0, 0.05) is 45.1 Å². The summed E-state index contributed by atoms with van der Waals surface area (Å²) in [5.41, 5.74) is 0.957. The Bertz CT molecular complexity index is 1130. The molecule has 1 fully saturated rings. The van der Waals surface area contributed by atoms with Gasteiger partial charge < -0.3 is 4.90 Å². The van der Waals surface area contributed by atoms with Crippen LogP contribution in [-0.2, 0) is 21.2 Å². The molecule has 0 aliphatic carbocycles. The van der Waals surface area contributed by atoms with Crippen LogP contribution >= 0.6 is 0 Å². The van der Waals surface area contributed by atoms with Crippen molar-refractivity contribution in [3.63, 3.8) is 0 Å². The number of rotatable bonds is 4. The van der Waals surface area contributed by atoms with Crippen molar-refractivity contribution in [1.29, 1.82) is 0 Å². The molecule has 1 saturated heterocycles. The first-order valence-electron chi connectivity index (χ1n) is 9.43. The Labute approximate surface area is 174 Å². The molecule has 156 valence electrons. The van der Waals surface area contributed by atoms with Gasteiger partial charge in [-0.05, 0) is 30.3 Å². The number of amides is 3. The predicted molar refractivity (Wildman–Crippen MR) is 106 cm³/mol. The SMILES string of the molecule is CN1C(=O)c2ccc(S(=O)(=O)N3CCN(C(=O)Cc4ccccn4)CC3)cc2C1=O. The summed E-state index contributed by atoms with van der Waals surface area (Å²) in [5, 5.41) is 0. The van der Waals surface area contributed by atoms with Crippen LogP contribution in [0.3, 0.4) is 0 Å². The summed E-state index contributed by atoms with van der Waals surface area (Å²) in [6.07, 6.45) is 1.79. The maximum Gasteiger partial charge on any atom is 0.261 e. The summed E-state index contributed by atoms with van der Waals surface area (Å²) in [6.45, 7) is 0.853. The van der Waals surface area contributed by atoms with E-state index < -0.39 is 21.8 Å². The van der Waals surface area contributed by atoms with E-state index in [1.807, 2.05) is 6.07 Å². The maximum atomic E-state index is 13.0. The third kappa shape index (κ3) is 3.48. The number of carbonyl (C=O) groups is 3. The lowest BCUT2D eigenvalue weighted by Gasteiger charge is -2.34. The highest BCUT2D eigenvalue weighted by atomic mass is 32.2. The molecule has 0 spiro atoms. The molecular weight excluding hydrogens is 408 g/mol. The van der Waals surface area contributed by atoms with E-state index in [4.69, 9.17) is 0 Å². The quantitative estimate of drug-likeness (QED) is 0.652. The van der Waals surface area contributed by atoms with E-state index in [0.29, 0.717) is 5.69 Å². The minimum absolute atomic E-state index is 0.0361. The van der Waals surface area contributed by atoms with Crippen LogP contribution in [0, 0.1) is 0 Å². The summed E-state index contributed by atoms with van der Waals surface area (Å²) in [5.74, 6) is -1.06. The molecule has 0 atom stereocenters. The van der Waals surface area contributed by atoms with E-state index in [9.17, 15) is 22.8 Å². The molecule has 2 aromatic rings. The first kappa shape index (κ1) is 20.2. The van der Waals surface area contributed by atoms with Gasteiger partial charge in [0.2, 0.25) is 15.9 Å². The molecular formula is C20H20N4O5S.